The zero-order valence-corrected chi connectivity index (χ0v) is 8.53. The Kier molecular flexibility index (Phi) is 3.68. The van der Waals surface area contributed by atoms with Crippen LogP contribution in [-0.2, 0) is 6.42 Å². The van der Waals surface area contributed by atoms with Crippen molar-refractivity contribution in [3.63, 3.8) is 0 Å². The Labute approximate surface area is 83.1 Å². The van der Waals surface area contributed by atoms with Gasteiger partial charge in [-0.3, -0.25) is 10.1 Å². The minimum absolute atomic E-state index is 0.163. The molecule has 1 rings (SSSR count). The van der Waals surface area contributed by atoms with Crippen LogP contribution in [0.3, 0.4) is 0 Å². The molecule has 0 spiro atoms. The van der Waals surface area contributed by atoms with Gasteiger partial charge in [-0.05, 0) is 12.0 Å². The third kappa shape index (κ3) is 2.87. The highest BCUT2D eigenvalue weighted by atomic mass is 16.6. The zero-order valence-electron chi connectivity index (χ0n) is 8.53. The second-order valence-electron chi connectivity index (χ2n) is 3.60. The molecule has 14 heavy (non-hydrogen) atoms. The molecule has 0 saturated heterocycles. The fourth-order valence-corrected chi connectivity index (χ4v) is 1.51. The molecule has 0 radical (unpaired) electrons. The van der Waals surface area contributed by atoms with Crippen LogP contribution >= 0.6 is 0 Å². The molecule has 1 heterocycles. The number of nitrogens with zero attached hydrogens (tertiary/aromatic N) is 1. The Morgan fingerprint density at radius 1 is 1.57 bits per heavy atom. The summed E-state index contributed by atoms with van der Waals surface area (Å²) < 4.78 is 5.06. The van der Waals surface area contributed by atoms with Crippen molar-refractivity contribution in [3.05, 3.63) is 28.0 Å². The van der Waals surface area contributed by atoms with Gasteiger partial charge in [-0.2, -0.15) is 0 Å². The third-order valence-electron chi connectivity index (χ3n) is 2.16. The predicted octanol–water partition coefficient (Wildman–Crippen LogP) is 3.17. The van der Waals surface area contributed by atoms with E-state index in [0.717, 1.165) is 19.3 Å². The van der Waals surface area contributed by atoms with Crippen molar-refractivity contribution < 1.29 is 9.34 Å². The van der Waals surface area contributed by atoms with Gasteiger partial charge < -0.3 is 4.42 Å². The van der Waals surface area contributed by atoms with E-state index < -0.39 is 4.92 Å². The Morgan fingerprint density at radius 2 is 2.29 bits per heavy atom. The monoisotopic (exact) mass is 197 g/mol. The van der Waals surface area contributed by atoms with Crippen LogP contribution in [0, 0.1) is 16.0 Å². The summed E-state index contributed by atoms with van der Waals surface area (Å²) >= 11 is 0. The van der Waals surface area contributed by atoms with Gasteiger partial charge in [-0.15, -0.1) is 0 Å². The SMILES string of the molecule is CCCC(C)Cc1ccc([N+](=O)[O-])o1. The first-order valence-corrected chi connectivity index (χ1v) is 4.86. The first-order chi connectivity index (χ1) is 6.63. The highest BCUT2D eigenvalue weighted by Crippen LogP contribution is 2.20. The van der Waals surface area contributed by atoms with Gasteiger partial charge in [0.15, 0.2) is 0 Å². The van der Waals surface area contributed by atoms with Gasteiger partial charge in [-0.1, -0.05) is 26.7 Å². The summed E-state index contributed by atoms with van der Waals surface area (Å²) in [5.41, 5.74) is 0. The summed E-state index contributed by atoms with van der Waals surface area (Å²) in [4.78, 5) is 9.83. The van der Waals surface area contributed by atoms with Gasteiger partial charge in [-0.25, -0.2) is 0 Å². The van der Waals surface area contributed by atoms with Crippen LogP contribution in [0.1, 0.15) is 32.4 Å². The molecule has 1 atom stereocenters. The van der Waals surface area contributed by atoms with Gasteiger partial charge in [0.1, 0.15) is 10.7 Å². The minimum Gasteiger partial charge on any atom is -0.406 e. The second-order valence-corrected chi connectivity index (χ2v) is 3.60. The normalized spacial score (nSPS) is 12.7. The Hall–Kier alpha value is -1.32. The standard InChI is InChI=1S/C10H15NO3/c1-3-4-8(2)7-9-5-6-10(14-9)11(12)13/h5-6,8H,3-4,7H2,1-2H3. The maximum absolute atomic E-state index is 10.3. The summed E-state index contributed by atoms with van der Waals surface area (Å²) in [6.45, 7) is 4.25. The van der Waals surface area contributed by atoms with Crippen LogP contribution in [0.15, 0.2) is 16.5 Å². The molecule has 0 bridgehead atoms. The predicted molar refractivity (Wildman–Crippen MR) is 53.1 cm³/mol. The summed E-state index contributed by atoms with van der Waals surface area (Å²) in [6, 6.07) is 3.10. The van der Waals surface area contributed by atoms with E-state index in [2.05, 4.69) is 13.8 Å². The zero-order chi connectivity index (χ0) is 10.6. The molecule has 1 aromatic heterocycles. The number of hydrogen-bond acceptors (Lipinski definition) is 3. The van der Waals surface area contributed by atoms with E-state index in [1.54, 1.807) is 6.07 Å². The van der Waals surface area contributed by atoms with Crippen molar-refractivity contribution in [1.29, 1.82) is 0 Å². The van der Waals surface area contributed by atoms with Crippen molar-refractivity contribution in [3.8, 4) is 0 Å². The van der Waals surface area contributed by atoms with Crippen molar-refractivity contribution in [2.75, 3.05) is 0 Å². The smallest absolute Gasteiger partial charge is 0.406 e. The summed E-state index contributed by atoms with van der Waals surface area (Å²) in [6.07, 6.45) is 3.03. The van der Waals surface area contributed by atoms with E-state index in [4.69, 9.17) is 4.42 Å². The van der Waals surface area contributed by atoms with Gasteiger partial charge in [0.2, 0.25) is 0 Å². The highest BCUT2D eigenvalue weighted by molar-refractivity contribution is 5.17. The molecule has 1 unspecified atom stereocenters. The molecule has 4 nitrogen and oxygen atoms in total. The van der Waals surface area contributed by atoms with Crippen molar-refractivity contribution in [2.24, 2.45) is 5.92 Å². The number of nitro groups is 1. The van der Waals surface area contributed by atoms with E-state index in [9.17, 15) is 10.1 Å². The average Bonchev–Trinajstić information content (AvgIpc) is 2.53. The van der Waals surface area contributed by atoms with E-state index >= 15 is 0 Å². The lowest BCUT2D eigenvalue weighted by Gasteiger charge is -2.05. The Balaban J connectivity index is 2.55. The maximum Gasteiger partial charge on any atom is 0.433 e. The van der Waals surface area contributed by atoms with Crippen molar-refractivity contribution in [1.82, 2.24) is 0 Å². The van der Waals surface area contributed by atoms with Crippen molar-refractivity contribution >= 4 is 5.88 Å². The number of rotatable bonds is 5. The molecule has 1 aromatic rings. The van der Waals surface area contributed by atoms with E-state index in [0.29, 0.717) is 11.7 Å². The quantitative estimate of drug-likeness (QED) is 0.538. The van der Waals surface area contributed by atoms with E-state index in [1.165, 1.54) is 6.07 Å². The van der Waals surface area contributed by atoms with Gasteiger partial charge in [0, 0.05) is 6.42 Å². The molecule has 0 aliphatic heterocycles. The molecule has 78 valence electrons. The van der Waals surface area contributed by atoms with E-state index in [-0.39, 0.29) is 5.88 Å². The fraction of sp³-hybridized carbons (Fsp3) is 0.600. The summed E-state index contributed by atoms with van der Waals surface area (Å²) in [7, 11) is 0. The molecule has 0 aliphatic carbocycles. The minimum atomic E-state index is -0.506. The number of hydrogen-bond donors (Lipinski definition) is 0. The van der Waals surface area contributed by atoms with Crippen LogP contribution in [0.4, 0.5) is 5.88 Å². The molecule has 4 heteroatoms. The first-order valence-electron chi connectivity index (χ1n) is 4.86. The lowest BCUT2D eigenvalue weighted by Crippen LogP contribution is -1.97. The highest BCUT2D eigenvalue weighted by Gasteiger charge is 2.13. The summed E-state index contributed by atoms with van der Waals surface area (Å²) in [5.74, 6) is 1.06. The van der Waals surface area contributed by atoms with Crippen LogP contribution in [-0.4, -0.2) is 4.92 Å². The largest absolute Gasteiger partial charge is 0.433 e. The topological polar surface area (TPSA) is 56.3 Å². The molecular weight excluding hydrogens is 182 g/mol. The van der Waals surface area contributed by atoms with Gasteiger partial charge >= 0.3 is 5.88 Å². The fourth-order valence-electron chi connectivity index (χ4n) is 1.51. The lowest BCUT2D eigenvalue weighted by atomic mass is 10.0. The maximum atomic E-state index is 10.3. The first kappa shape index (κ1) is 10.8. The molecule has 0 saturated carbocycles. The molecule has 0 fully saturated rings. The molecule has 0 amide bonds. The Morgan fingerprint density at radius 3 is 2.79 bits per heavy atom. The van der Waals surface area contributed by atoms with Gasteiger partial charge in [0.25, 0.3) is 0 Å². The Bertz CT molecular complexity index is 306. The molecule has 0 aromatic carbocycles. The molecule has 0 N–H and O–H groups in total. The molecular formula is C10H15NO3. The molecule has 0 aliphatic rings. The summed E-state index contributed by atoms with van der Waals surface area (Å²) in [5, 5.41) is 10.3. The van der Waals surface area contributed by atoms with Crippen LogP contribution in [0.25, 0.3) is 0 Å². The van der Waals surface area contributed by atoms with Crippen LogP contribution < -0.4 is 0 Å². The van der Waals surface area contributed by atoms with E-state index in [1.807, 2.05) is 0 Å². The van der Waals surface area contributed by atoms with Crippen molar-refractivity contribution in [2.45, 2.75) is 33.1 Å². The second kappa shape index (κ2) is 4.79. The third-order valence-corrected chi connectivity index (χ3v) is 2.16. The average molecular weight is 197 g/mol. The number of furan rings is 1. The van der Waals surface area contributed by atoms with Gasteiger partial charge in [0.05, 0.1) is 6.07 Å². The van der Waals surface area contributed by atoms with Crippen LogP contribution in [0.2, 0.25) is 0 Å². The van der Waals surface area contributed by atoms with Crippen LogP contribution in [0.5, 0.6) is 0 Å². The lowest BCUT2D eigenvalue weighted by molar-refractivity contribution is -0.402.